The van der Waals surface area contributed by atoms with Gasteiger partial charge in [-0.2, -0.15) is 4.68 Å². The number of amides is 1. The molecule has 0 saturated carbocycles. The van der Waals surface area contributed by atoms with Gasteiger partial charge in [0.15, 0.2) is 0 Å². The van der Waals surface area contributed by atoms with Gasteiger partial charge in [0.2, 0.25) is 11.1 Å². The van der Waals surface area contributed by atoms with E-state index in [2.05, 4.69) is 20.8 Å². The average molecular weight is 339 g/mol. The average Bonchev–Trinajstić information content (AvgIpc) is 3.08. The molecule has 0 radical (unpaired) electrons. The summed E-state index contributed by atoms with van der Waals surface area (Å²) in [5.74, 6) is 0.210. The summed E-state index contributed by atoms with van der Waals surface area (Å²) in [5.41, 5.74) is 3.05. The first-order chi connectivity index (χ1) is 11.7. The van der Waals surface area contributed by atoms with Gasteiger partial charge in [0.05, 0.1) is 11.4 Å². The number of nitrogens with one attached hydrogen (secondary N) is 1. The minimum absolute atomic E-state index is 0.0526. The summed E-state index contributed by atoms with van der Waals surface area (Å²) < 4.78 is 1.66. The molecule has 6 nitrogen and oxygen atoms in total. The van der Waals surface area contributed by atoms with Gasteiger partial charge in [0.1, 0.15) is 0 Å². The van der Waals surface area contributed by atoms with Gasteiger partial charge >= 0.3 is 0 Å². The van der Waals surface area contributed by atoms with Gasteiger partial charge < -0.3 is 5.32 Å². The van der Waals surface area contributed by atoms with Crippen LogP contribution in [-0.2, 0) is 11.3 Å². The lowest BCUT2D eigenvalue weighted by atomic mass is 10.2. The molecule has 0 aliphatic rings. The van der Waals surface area contributed by atoms with Crippen molar-refractivity contribution in [3.8, 4) is 5.69 Å². The second-order valence-corrected chi connectivity index (χ2v) is 6.15. The fourth-order valence-corrected chi connectivity index (χ4v) is 2.91. The van der Waals surface area contributed by atoms with Crippen LogP contribution in [0.2, 0.25) is 0 Å². The van der Waals surface area contributed by atoms with Crippen molar-refractivity contribution in [3.63, 3.8) is 0 Å². The molecule has 1 amide bonds. The van der Waals surface area contributed by atoms with Gasteiger partial charge in [0, 0.05) is 6.54 Å². The molecule has 0 atom stereocenters. The Morgan fingerprint density at radius 3 is 2.67 bits per heavy atom. The Kier molecular flexibility index (Phi) is 5.22. The Hall–Kier alpha value is -2.67. The smallest absolute Gasteiger partial charge is 0.230 e. The molecule has 24 heavy (non-hydrogen) atoms. The number of rotatable bonds is 6. The van der Waals surface area contributed by atoms with Gasteiger partial charge in [-0.05, 0) is 34.5 Å². The first-order valence-electron chi connectivity index (χ1n) is 7.52. The maximum Gasteiger partial charge on any atom is 0.230 e. The van der Waals surface area contributed by atoms with E-state index in [1.165, 1.54) is 11.8 Å². The first kappa shape index (κ1) is 16.2. The van der Waals surface area contributed by atoms with Crippen LogP contribution in [0.1, 0.15) is 11.1 Å². The molecule has 0 spiro atoms. The first-order valence-corrected chi connectivity index (χ1v) is 8.50. The van der Waals surface area contributed by atoms with Crippen molar-refractivity contribution in [1.29, 1.82) is 0 Å². The SMILES string of the molecule is Cc1ccccc1-n1nnnc1SCC(=O)NCc1ccccc1. The van der Waals surface area contributed by atoms with Crippen molar-refractivity contribution < 1.29 is 4.79 Å². The van der Waals surface area contributed by atoms with Gasteiger partial charge in [-0.15, -0.1) is 5.10 Å². The van der Waals surface area contributed by atoms with Crippen molar-refractivity contribution in [2.75, 3.05) is 5.75 Å². The van der Waals surface area contributed by atoms with E-state index in [0.717, 1.165) is 16.8 Å². The molecule has 2 aromatic carbocycles. The molecule has 7 heteroatoms. The van der Waals surface area contributed by atoms with Crippen molar-refractivity contribution in [1.82, 2.24) is 25.5 Å². The van der Waals surface area contributed by atoms with Gasteiger partial charge in [-0.3, -0.25) is 4.79 Å². The molecule has 0 aliphatic heterocycles. The third-order valence-electron chi connectivity index (χ3n) is 3.45. The van der Waals surface area contributed by atoms with Crippen LogP contribution in [0.3, 0.4) is 0 Å². The fraction of sp³-hybridized carbons (Fsp3) is 0.176. The lowest BCUT2D eigenvalue weighted by Gasteiger charge is -2.07. The molecule has 3 aromatic rings. The summed E-state index contributed by atoms with van der Waals surface area (Å²) in [7, 11) is 0. The summed E-state index contributed by atoms with van der Waals surface area (Å²) in [6.07, 6.45) is 0. The van der Waals surface area contributed by atoms with E-state index in [1.54, 1.807) is 4.68 Å². The van der Waals surface area contributed by atoms with E-state index in [4.69, 9.17) is 0 Å². The van der Waals surface area contributed by atoms with Gasteiger partial charge in [-0.25, -0.2) is 0 Å². The zero-order valence-electron chi connectivity index (χ0n) is 13.2. The van der Waals surface area contributed by atoms with E-state index < -0.39 is 0 Å². The van der Waals surface area contributed by atoms with E-state index in [0.29, 0.717) is 11.7 Å². The minimum atomic E-state index is -0.0526. The highest BCUT2D eigenvalue weighted by molar-refractivity contribution is 7.99. The number of aryl methyl sites for hydroxylation is 1. The van der Waals surface area contributed by atoms with Gasteiger partial charge in [-0.1, -0.05) is 60.3 Å². The molecule has 1 N–H and O–H groups in total. The number of tetrazole rings is 1. The molecule has 0 bridgehead atoms. The van der Waals surface area contributed by atoms with E-state index >= 15 is 0 Å². The molecule has 1 heterocycles. The normalized spacial score (nSPS) is 10.5. The zero-order valence-corrected chi connectivity index (χ0v) is 14.0. The minimum Gasteiger partial charge on any atom is -0.351 e. The summed E-state index contributed by atoms with van der Waals surface area (Å²) in [4.78, 5) is 12.0. The van der Waals surface area contributed by atoms with Gasteiger partial charge in [0.25, 0.3) is 0 Å². The number of nitrogens with zero attached hydrogens (tertiary/aromatic N) is 4. The maximum atomic E-state index is 12.0. The highest BCUT2D eigenvalue weighted by Gasteiger charge is 2.12. The third-order valence-corrected chi connectivity index (χ3v) is 4.37. The van der Waals surface area contributed by atoms with Crippen LogP contribution >= 0.6 is 11.8 Å². The molecular formula is C17H17N5OS. The summed E-state index contributed by atoms with van der Waals surface area (Å²) in [6.45, 7) is 2.51. The Labute approximate surface area is 144 Å². The summed E-state index contributed by atoms with van der Waals surface area (Å²) >= 11 is 1.32. The van der Waals surface area contributed by atoms with Crippen molar-refractivity contribution in [3.05, 3.63) is 65.7 Å². The number of hydrogen-bond donors (Lipinski definition) is 1. The standard InChI is InChI=1S/C17H17N5OS/c1-13-7-5-6-10-15(13)22-17(19-20-21-22)24-12-16(23)18-11-14-8-3-2-4-9-14/h2-10H,11-12H2,1H3,(H,18,23). The van der Waals surface area contributed by atoms with Crippen LogP contribution in [0, 0.1) is 6.92 Å². The second-order valence-electron chi connectivity index (χ2n) is 5.21. The number of hydrogen-bond acceptors (Lipinski definition) is 5. The Morgan fingerprint density at radius 1 is 1.12 bits per heavy atom. The lowest BCUT2D eigenvalue weighted by Crippen LogP contribution is -2.24. The molecule has 3 rings (SSSR count). The maximum absolute atomic E-state index is 12.0. The van der Waals surface area contributed by atoms with Crippen LogP contribution in [0.4, 0.5) is 0 Å². The van der Waals surface area contributed by atoms with Crippen molar-refractivity contribution >= 4 is 17.7 Å². The highest BCUT2D eigenvalue weighted by Crippen LogP contribution is 2.20. The predicted octanol–water partition coefficient (Wildman–Crippen LogP) is 2.38. The second kappa shape index (κ2) is 7.74. The van der Waals surface area contributed by atoms with Crippen LogP contribution < -0.4 is 5.32 Å². The number of para-hydroxylation sites is 1. The molecule has 0 aliphatic carbocycles. The number of aromatic nitrogens is 4. The van der Waals surface area contributed by atoms with Crippen molar-refractivity contribution in [2.24, 2.45) is 0 Å². The number of carbonyl (C=O) groups is 1. The summed E-state index contributed by atoms with van der Waals surface area (Å²) in [5, 5.41) is 15.2. The highest BCUT2D eigenvalue weighted by atomic mass is 32.2. The molecule has 0 unspecified atom stereocenters. The molecule has 1 aromatic heterocycles. The molecular weight excluding hydrogens is 322 g/mol. The lowest BCUT2D eigenvalue weighted by molar-refractivity contribution is -0.118. The Balaban J connectivity index is 1.59. The largest absolute Gasteiger partial charge is 0.351 e. The predicted molar refractivity (Wildman–Crippen MR) is 92.9 cm³/mol. The number of benzene rings is 2. The zero-order chi connectivity index (χ0) is 16.8. The van der Waals surface area contributed by atoms with Crippen LogP contribution in [-0.4, -0.2) is 31.9 Å². The van der Waals surface area contributed by atoms with E-state index in [9.17, 15) is 4.79 Å². The van der Waals surface area contributed by atoms with Crippen LogP contribution in [0.15, 0.2) is 59.8 Å². The molecule has 0 saturated heterocycles. The quantitative estimate of drug-likeness (QED) is 0.698. The molecule has 122 valence electrons. The van der Waals surface area contributed by atoms with Crippen LogP contribution in [0.5, 0.6) is 0 Å². The third kappa shape index (κ3) is 3.99. The number of carbonyl (C=O) groups excluding carboxylic acids is 1. The van der Waals surface area contributed by atoms with E-state index in [1.807, 2.05) is 61.5 Å². The number of thioether (sulfide) groups is 1. The van der Waals surface area contributed by atoms with Crippen molar-refractivity contribution in [2.45, 2.75) is 18.6 Å². The molecule has 0 fully saturated rings. The topological polar surface area (TPSA) is 72.7 Å². The Bertz CT molecular complexity index is 819. The monoisotopic (exact) mass is 339 g/mol. The Morgan fingerprint density at radius 2 is 1.88 bits per heavy atom. The summed E-state index contributed by atoms with van der Waals surface area (Å²) in [6, 6.07) is 17.7. The van der Waals surface area contributed by atoms with Crippen LogP contribution in [0.25, 0.3) is 5.69 Å². The fourth-order valence-electron chi connectivity index (χ4n) is 2.20. The van der Waals surface area contributed by atoms with E-state index in [-0.39, 0.29) is 11.7 Å².